The number of guanidine groups is 1. The van der Waals surface area contributed by atoms with Crippen LogP contribution in [0.3, 0.4) is 0 Å². The summed E-state index contributed by atoms with van der Waals surface area (Å²) in [7, 11) is 1.84. The third-order valence-corrected chi connectivity index (χ3v) is 9.46. The molecule has 4 saturated heterocycles. The molecule has 0 bridgehead atoms. The van der Waals surface area contributed by atoms with Crippen molar-refractivity contribution in [2.45, 2.75) is 101 Å². The van der Waals surface area contributed by atoms with Gasteiger partial charge in [-0.1, -0.05) is 12.8 Å². The maximum atomic E-state index is 13.8. The zero-order valence-electron chi connectivity index (χ0n) is 23.0. The predicted octanol–water partition coefficient (Wildman–Crippen LogP) is 2.58. The molecular weight excluding hydrogens is 542 g/mol. The van der Waals surface area contributed by atoms with Gasteiger partial charge in [0.2, 0.25) is 0 Å². The van der Waals surface area contributed by atoms with Crippen molar-refractivity contribution in [1.29, 1.82) is 5.41 Å². The Morgan fingerprint density at radius 3 is 2.38 bits per heavy atom. The maximum Gasteiger partial charge on any atom is 0.405 e. The molecule has 9 atom stereocenters. The van der Waals surface area contributed by atoms with E-state index in [-0.39, 0.29) is 37.1 Å². The van der Waals surface area contributed by atoms with Gasteiger partial charge in [-0.25, -0.2) is 5.43 Å². The molecule has 1 saturated carbocycles. The summed E-state index contributed by atoms with van der Waals surface area (Å²) in [6, 6.07) is -1.73. The summed E-state index contributed by atoms with van der Waals surface area (Å²) in [5, 5.41) is 20.4. The molecule has 0 aromatic carbocycles. The number of rotatable bonds is 6. The van der Waals surface area contributed by atoms with Crippen LogP contribution in [0.15, 0.2) is 0 Å². The fourth-order valence-corrected chi connectivity index (χ4v) is 7.33. The first-order valence-electron chi connectivity index (χ1n) is 14.5. The second-order valence-electron chi connectivity index (χ2n) is 11.9. The molecule has 230 valence electrons. The van der Waals surface area contributed by atoms with E-state index < -0.39 is 42.6 Å². The highest BCUT2D eigenvalue weighted by molar-refractivity contribution is 5.80. The standard InChI is InChI=1S/C25H42F6N8O/c1-3-40-20-10-18(25(29,30)31)36-39(20)19-9-8-14(11-33-19)13-38-22-17(37(2)23(38)32)12-34-21(35-22)15-6-4-5-7-16(15)24(26,27)28/h14-22,32-36H,3-13H2,1-2H3. The minimum absolute atomic E-state index is 0.0824. The number of halogens is 6. The third kappa shape index (κ3) is 6.05. The van der Waals surface area contributed by atoms with Crippen molar-refractivity contribution in [1.82, 2.24) is 36.2 Å². The van der Waals surface area contributed by atoms with Gasteiger partial charge in [-0.3, -0.25) is 16.0 Å². The predicted molar refractivity (Wildman–Crippen MR) is 136 cm³/mol. The van der Waals surface area contributed by atoms with Crippen molar-refractivity contribution >= 4 is 5.96 Å². The summed E-state index contributed by atoms with van der Waals surface area (Å²) in [4.78, 5) is 3.81. The Balaban J connectivity index is 1.20. The third-order valence-electron chi connectivity index (χ3n) is 9.46. The molecule has 5 rings (SSSR count). The van der Waals surface area contributed by atoms with Gasteiger partial charge in [0.25, 0.3) is 0 Å². The second-order valence-corrected chi connectivity index (χ2v) is 11.9. The summed E-state index contributed by atoms with van der Waals surface area (Å²) in [6.07, 6.45) is -7.18. The van der Waals surface area contributed by atoms with Crippen LogP contribution in [-0.2, 0) is 4.74 Å². The Morgan fingerprint density at radius 1 is 0.975 bits per heavy atom. The molecule has 40 heavy (non-hydrogen) atoms. The van der Waals surface area contributed by atoms with Gasteiger partial charge in [0, 0.05) is 39.7 Å². The molecule has 5 N–H and O–H groups in total. The van der Waals surface area contributed by atoms with E-state index in [0.29, 0.717) is 51.5 Å². The molecule has 4 aliphatic heterocycles. The quantitative estimate of drug-likeness (QED) is 0.305. The first kappa shape index (κ1) is 30.1. The largest absolute Gasteiger partial charge is 0.405 e. The van der Waals surface area contributed by atoms with Crippen LogP contribution in [0.1, 0.15) is 51.9 Å². The molecule has 5 fully saturated rings. The lowest BCUT2D eigenvalue weighted by Crippen LogP contribution is -2.68. The molecule has 0 amide bonds. The Hall–Kier alpha value is -1.39. The van der Waals surface area contributed by atoms with Gasteiger partial charge in [-0.2, -0.15) is 31.4 Å². The van der Waals surface area contributed by atoms with Gasteiger partial charge in [-0.15, -0.1) is 0 Å². The Morgan fingerprint density at radius 2 is 1.73 bits per heavy atom. The molecule has 9 unspecified atom stereocenters. The number of likely N-dealkylation sites (N-methyl/N-ethyl adjacent to an activating group) is 1. The number of nitrogens with zero attached hydrogens (tertiary/aromatic N) is 3. The van der Waals surface area contributed by atoms with Crippen LogP contribution in [0.25, 0.3) is 0 Å². The lowest BCUT2D eigenvalue weighted by molar-refractivity contribution is -0.201. The van der Waals surface area contributed by atoms with Crippen LogP contribution < -0.4 is 21.4 Å². The smallest absolute Gasteiger partial charge is 0.362 e. The highest BCUT2D eigenvalue weighted by Crippen LogP contribution is 2.43. The minimum atomic E-state index is -4.36. The van der Waals surface area contributed by atoms with Crippen molar-refractivity contribution in [3.8, 4) is 0 Å². The Bertz CT molecular complexity index is 884. The van der Waals surface area contributed by atoms with Crippen LogP contribution in [0.2, 0.25) is 0 Å². The maximum absolute atomic E-state index is 13.8. The molecule has 0 radical (unpaired) electrons. The molecule has 15 heteroatoms. The zero-order chi connectivity index (χ0) is 28.8. The second kappa shape index (κ2) is 11.7. The summed E-state index contributed by atoms with van der Waals surface area (Å²) in [5.74, 6) is -1.44. The molecule has 5 aliphatic rings. The lowest BCUT2D eigenvalue weighted by atomic mass is 9.76. The number of fused-ring (bicyclic) bond motifs is 1. The molecule has 0 spiro atoms. The van der Waals surface area contributed by atoms with Crippen molar-refractivity contribution in [2.24, 2.45) is 17.8 Å². The fraction of sp³-hybridized carbons (Fsp3) is 0.960. The van der Waals surface area contributed by atoms with Gasteiger partial charge in [0.05, 0.1) is 24.3 Å². The van der Waals surface area contributed by atoms with Gasteiger partial charge in [0.1, 0.15) is 18.4 Å². The monoisotopic (exact) mass is 584 g/mol. The van der Waals surface area contributed by atoms with E-state index in [1.54, 1.807) is 11.9 Å². The van der Waals surface area contributed by atoms with Gasteiger partial charge < -0.3 is 19.9 Å². The number of ether oxygens (including phenoxy) is 1. The van der Waals surface area contributed by atoms with Gasteiger partial charge in [-0.05, 0) is 44.4 Å². The first-order valence-corrected chi connectivity index (χ1v) is 14.5. The number of piperidine rings is 1. The van der Waals surface area contributed by atoms with E-state index in [4.69, 9.17) is 10.1 Å². The molecule has 0 aromatic rings. The van der Waals surface area contributed by atoms with E-state index in [2.05, 4.69) is 21.4 Å². The average Bonchev–Trinajstić information content (AvgIpc) is 3.44. The molecule has 9 nitrogen and oxygen atoms in total. The molecular formula is C25H42F6N8O. The summed E-state index contributed by atoms with van der Waals surface area (Å²) < 4.78 is 87.2. The highest BCUT2D eigenvalue weighted by Gasteiger charge is 2.53. The first-order chi connectivity index (χ1) is 18.9. The van der Waals surface area contributed by atoms with Crippen LogP contribution in [0.4, 0.5) is 26.3 Å². The van der Waals surface area contributed by atoms with Crippen LogP contribution >= 0.6 is 0 Å². The van der Waals surface area contributed by atoms with Crippen LogP contribution in [-0.4, -0.2) is 103 Å². The number of hydrogen-bond acceptors (Lipinski definition) is 7. The topological polar surface area (TPSA) is 90.9 Å². The lowest BCUT2D eigenvalue weighted by Gasteiger charge is -2.45. The van der Waals surface area contributed by atoms with E-state index in [1.807, 2.05) is 16.8 Å². The summed E-state index contributed by atoms with van der Waals surface area (Å²) in [6.45, 7) is 3.64. The summed E-state index contributed by atoms with van der Waals surface area (Å²) in [5.41, 5.74) is 2.60. The molecule has 0 aromatic heterocycles. The Kier molecular flexibility index (Phi) is 8.81. The minimum Gasteiger partial charge on any atom is -0.362 e. The normalized spacial score (nSPS) is 40.1. The van der Waals surface area contributed by atoms with Crippen LogP contribution in [0, 0.1) is 23.2 Å². The zero-order valence-corrected chi connectivity index (χ0v) is 23.0. The van der Waals surface area contributed by atoms with Crippen molar-refractivity contribution in [3.05, 3.63) is 0 Å². The van der Waals surface area contributed by atoms with E-state index >= 15 is 0 Å². The SMILES string of the molecule is CCOC1CC(C(F)(F)F)NN1C1CCC(CN2C(=N)N(C)C3CNC(C4CCCCC4C(F)(F)F)NC32)CN1. The van der Waals surface area contributed by atoms with E-state index in [9.17, 15) is 26.3 Å². The number of alkyl halides is 6. The van der Waals surface area contributed by atoms with Crippen LogP contribution in [0.5, 0.6) is 0 Å². The Labute approximate surface area is 231 Å². The fourth-order valence-electron chi connectivity index (χ4n) is 7.33. The van der Waals surface area contributed by atoms with Gasteiger partial charge in [0.15, 0.2) is 5.96 Å². The van der Waals surface area contributed by atoms with Crippen molar-refractivity contribution < 1.29 is 31.1 Å². The summed E-state index contributed by atoms with van der Waals surface area (Å²) >= 11 is 0. The average molecular weight is 585 g/mol. The molecule has 4 heterocycles. The van der Waals surface area contributed by atoms with Crippen molar-refractivity contribution in [3.63, 3.8) is 0 Å². The van der Waals surface area contributed by atoms with Crippen molar-refractivity contribution in [2.75, 3.05) is 33.3 Å². The number of nitrogens with one attached hydrogen (secondary N) is 5. The van der Waals surface area contributed by atoms with E-state index in [1.165, 1.54) is 0 Å². The highest BCUT2D eigenvalue weighted by atomic mass is 19.4. The number of hydrogen-bond donors (Lipinski definition) is 5. The van der Waals surface area contributed by atoms with Gasteiger partial charge >= 0.3 is 12.4 Å². The number of hydrazine groups is 1. The van der Waals surface area contributed by atoms with E-state index in [0.717, 1.165) is 12.8 Å². The molecule has 1 aliphatic carbocycles.